The highest BCUT2D eigenvalue weighted by molar-refractivity contribution is 5.85. The van der Waals surface area contributed by atoms with Crippen molar-refractivity contribution >= 4 is 22.9 Å². The lowest BCUT2D eigenvalue weighted by Gasteiger charge is -2.39. The Morgan fingerprint density at radius 2 is 1.88 bits per heavy atom. The van der Waals surface area contributed by atoms with Crippen molar-refractivity contribution in [1.82, 2.24) is 29.7 Å². The van der Waals surface area contributed by atoms with Gasteiger partial charge < -0.3 is 14.8 Å². The van der Waals surface area contributed by atoms with Crippen LogP contribution >= 0.6 is 0 Å². The summed E-state index contributed by atoms with van der Waals surface area (Å²) in [5.74, 6) is 2.23. The number of nitrogens with one attached hydrogen (secondary N) is 1. The van der Waals surface area contributed by atoms with Gasteiger partial charge in [0, 0.05) is 51.2 Å². The molecular formula is C26H41N7O. The van der Waals surface area contributed by atoms with E-state index in [0.717, 1.165) is 74.7 Å². The summed E-state index contributed by atoms with van der Waals surface area (Å²) in [7, 11) is 0. The molecule has 2 saturated heterocycles. The molecule has 3 aliphatic rings. The zero-order chi connectivity index (χ0) is 23.5. The molecule has 8 nitrogen and oxygen atoms in total. The molecule has 5 rings (SSSR count). The van der Waals surface area contributed by atoms with E-state index in [9.17, 15) is 4.79 Å². The highest BCUT2D eigenvalue weighted by Gasteiger charge is 2.29. The molecule has 3 aliphatic heterocycles. The molecule has 1 N–H and O–H groups in total. The van der Waals surface area contributed by atoms with E-state index < -0.39 is 0 Å². The summed E-state index contributed by atoms with van der Waals surface area (Å²) < 4.78 is 2.28. The minimum Gasteiger partial charge on any atom is -0.356 e. The van der Waals surface area contributed by atoms with Crippen LogP contribution in [0.3, 0.4) is 0 Å². The maximum absolute atomic E-state index is 13.0. The van der Waals surface area contributed by atoms with Crippen LogP contribution in [0.15, 0.2) is 6.33 Å². The zero-order valence-electron chi connectivity index (χ0n) is 21.0. The fraction of sp³-hybridized carbons (Fsp3) is 0.769. The van der Waals surface area contributed by atoms with E-state index in [-0.39, 0.29) is 11.8 Å². The fourth-order valence-electron chi connectivity index (χ4n) is 6.27. The predicted molar refractivity (Wildman–Crippen MR) is 135 cm³/mol. The molecule has 5 heterocycles. The number of hydrogen-bond acceptors (Lipinski definition) is 6. The largest absolute Gasteiger partial charge is 0.356 e. The average molecular weight is 468 g/mol. The Bertz CT molecular complexity index is 979. The van der Waals surface area contributed by atoms with E-state index in [0.29, 0.717) is 18.6 Å². The third-order valence-corrected chi connectivity index (χ3v) is 8.23. The molecule has 0 unspecified atom stereocenters. The summed E-state index contributed by atoms with van der Waals surface area (Å²) in [5, 5.41) is 3.23. The normalized spacial score (nSPS) is 26.3. The van der Waals surface area contributed by atoms with Crippen LogP contribution in [0.2, 0.25) is 0 Å². The second kappa shape index (κ2) is 10.6. The SMILES string of the molecule is C[C@@H]1CCC[C@H](C)N1CCCNC(=O)[C@H]1CCCN(c2ncnc3c2nc2n3CCCCC2)C1. The van der Waals surface area contributed by atoms with Crippen molar-refractivity contribution in [3.05, 3.63) is 12.2 Å². The summed E-state index contributed by atoms with van der Waals surface area (Å²) in [5.41, 5.74) is 1.86. The van der Waals surface area contributed by atoms with Gasteiger partial charge in [0.25, 0.3) is 0 Å². The maximum Gasteiger partial charge on any atom is 0.224 e. The Balaban J connectivity index is 1.19. The zero-order valence-corrected chi connectivity index (χ0v) is 21.0. The van der Waals surface area contributed by atoms with Crippen LogP contribution in [0.1, 0.15) is 77.5 Å². The molecule has 0 aromatic carbocycles. The number of aryl methyl sites for hydroxylation is 2. The van der Waals surface area contributed by atoms with E-state index in [2.05, 4.69) is 43.5 Å². The first kappa shape index (κ1) is 23.5. The summed E-state index contributed by atoms with van der Waals surface area (Å²) in [4.78, 5) is 32.1. The van der Waals surface area contributed by atoms with Gasteiger partial charge in [-0.1, -0.05) is 12.8 Å². The van der Waals surface area contributed by atoms with E-state index in [1.54, 1.807) is 6.33 Å². The van der Waals surface area contributed by atoms with Crippen LogP contribution in [0, 0.1) is 5.92 Å². The predicted octanol–water partition coefficient (Wildman–Crippen LogP) is 3.54. The molecule has 186 valence electrons. The number of nitrogens with zero attached hydrogens (tertiary/aromatic N) is 6. The first-order valence-electron chi connectivity index (χ1n) is 13.6. The van der Waals surface area contributed by atoms with Crippen molar-refractivity contribution in [1.29, 1.82) is 0 Å². The van der Waals surface area contributed by atoms with Crippen LogP contribution in [-0.2, 0) is 17.8 Å². The number of amides is 1. The number of aromatic nitrogens is 4. The van der Waals surface area contributed by atoms with Crippen LogP contribution < -0.4 is 10.2 Å². The van der Waals surface area contributed by atoms with Gasteiger partial charge in [0.2, 0.25) is 5.91 Å². The molecule has 3 atom stereocenters. The van der Waals surface area contributed by atoms with Gasteiger partial charge in [0.05, 0.1) is 5.92 Å². The Labute approximate surface area is 203 Å². The molecule has 1 amide bonds. The van der Waals surface area contributed by atoms with Gasteiger partial charge in [-0.15, -0.1) is 0 Å². The van der Waals surface area contributed by atoms with Gasteiger partial charge in [-0.2, -0.15) is 0 Å². The summed E-state index contributed by atoms with van der Waals surface area (Å²) in [6, 6.07) is 1.32. The minimum atomic E-state index is 0.00652. The molecule has 0 bridgehead atoms. The second-order valence-corrected chi connectivity index (χ2v) is 10.7. The van der Waals surface area contributed by atoms with Gasteiger partial charge in [-0.25, -0.2) is 15.0 Å². The number of likely N-dealkylation sites (tertiary alicyclic amines) is 1. The first-order chi connectivity index (χ1) is 16.6. The molecular weight excluding hydrogens is 426 g/mol. The molecule has 0 aliphatic carbocycles. The molecule has 34 heavy (non-hydrogen) atoms. The smallest absolute Gasteiger partial charge is 0.224 e. The third-order valence-electron chi connectivity index (χ3n) is 8.23. The van der Waals surface area contributed by atoms with Gasteiger partial charge in [0.1, 0.15) is 12.2 Å². The Kier molecular flexibility index (Phi) is 7.32. The second-order valence-electron chi connectivity index (χ2n) is 10.7. The average Bonchev–Trinajstić information content (AvgIpc) is 3.04. The van der Waals surface area contributed by atoms with Crippen molar-refractivity contribution in [2.75, 3.05) is 31.1 Å². The number of hydrogen-bond donors (Lipinski definition) is 1. The van der Waals surface area contributed by atoms with E-state index in [1.807, 2.05) is 0 Å². The van der Waals surface area contributed by atoms with Crippen LogP contribution in [-0.4, -0.2) is 68.6 Å². The van der Waals surface area contributed by atoms with Crippen LogP contribution in [0.4, 0.5) is 5.82 Å². The monoisotopic (exact) mass is 467 g/mol. The first-order valence-corrected chi connectivity index (χ1v) is 13.6. The van der Waals surface area contributed by atoms with E-state index >= 15 is 0 Å². The number of imidazole rings is 1. The van der Waals surface area contributed by atoms with Crippen molar-refractivity contribution in [3.8, 4) is 0 Å². The summed E-state index contributed by atoms with van der Waals surface area (Å²) in [6.07, 6.45) is 13.2. The molecule has 2 aromatic rings. The van der Waals surface area contributed by atoms with Crippen LogP contribution in [0.5, 0.6) is 0 Å². The fourth-order valence-corrected chi connectivity index (χ4v) is 6.27. The van der Waals surface area contributed by atoms with Gasteiger partial charge in [0.15, 0.2) is 17.0 Å². The van der Waals surface area contributed by atoms with Crippen molar-refractivity contribution < 1.29 is 4.79 Å². The molecule has 8 heteroatoms. The molecule has 2 fully saturated rings. The molecule has 2 aromatic heterocycles. The van der Waals surface area contributed by atoms with E-state index in [1.165, 1.54) is 38.5 Å². The number of anilines is 1. The Morgan fingerprint density at radius 3 is 2.74 bits per heavy atom. The highest BCUT2D eigenvalue weighted by atomic mass is 16.1. The Hall–Kier alpha value is -2.22. The quantitative estimate of drug-likeness (QED) is 0.655. The molecule has 0 radical (unpaired) electrons. The lowest BCUT2D eigenvalue weighted by atomic mass is 9.96. The molecule has 0 spiro atoms. The number of fused-ring (bicyclic) bond motifs is 3. The lowest BCUT2D eigenvalue weighted by Crippen LogP contribution is -2.46. The van der Waals surface area contributed by atoms with Crippen molar-refractivity contribution in [2.24, 2.45) is 5.92 Å². The van der Waals surface area contributed by atoms with Gasteiger partial charge in [-0.05, 0) is 58.8 Å². The topological polar surface area (TPSA) is 79.2 Å². The third kappa shape index (κ3) is 4.92. The molecule has 0 saturated carbocycles. The lowest BCUT2D eigenvalue weighted by molar-refractivity contribution is -0.125. The number of piperidine rings is 2. The van der Waals surface area contributed by atoms with Gasteiger partial charge >= 0.3 is 0 Å². The minimum absolute atomic E-state index is 0.00652. The Morgan fingerprint density at radius 1 is 1.03 bits per heavy atom. The van der Waals surface area contributed by atoms with Gasteiger partial charge in [-0.3, -0.25) is 9.69 Å². The summed E-state index contributed by atoms with van der Waals surface area (Å²) >= 11 is 0. The number of carbonyl (C=O) groups excluding carboxylic acids is 1. The van der Waals surface area contributed by atoms with Crippen molar-refractivity contribution in [3.63, 3.8) is 0 Å². The standard InChI is InChI=1S/C26H41N7O/c1-19-9-6-10-20(2)32(19)16-8-13-27-26(34)21-11-7-14-31(17-21)24-23-25(29-18-28-24)33-15-5-3-4-12-22(33)30-23/h18-21H,3-17H2,1-2H3,(H,27,34)/t19-,20+,21-/m0/s1. The number of carbonyl (C=O) groups is 1. The van der Waals surface area contributed by atoms with Crippen molar-refractivity contribution in [2.45, 2.75) is 96.7 Å². The number of rotatable bonds is 6. The van der Waals surface area contributed by atoms with Crippen LogP contribution in [0.25, 0.3) is 11.2 Å². The summed E-state index contributed by atoms with van der Waals surface area (Å²) in [6.45, 7) is 9.13. The van der Waals surface area contributed by atoms with E-state index in [4.69, 9.17) is 4.98 Å². The highest BCUT2D eigenvalue weighted by Crippen LogP contribution is 2.29. The maximum atomic E-state index is 13.0.